The number of imidazole rings is 1. The molecule has 1 fully saturated rings. The third-order valence-corrected chi connectivity index (χ3v) is 5.90. The Balaban J connectivity index is 0.000000499. The molecule has 0 radical (unpaired) electrons. The van der Waals surface area contributed by atoms with Gasteiger partial charge in [0.15, 0.2) is 0 Å². The fraction of sp³-hybridized carbons (Fsp3) is 0.269. The fourth-order valence-electron chi connectivity index (χ4n) is 4.24. The van der Waals surface area contributed by atoms with E-state index in [0.29, 0.717) is 11.7 Å². The molecule has 8 nitrogen and oxygen atoms in total. The maximum Gasteiger partial charge on any atom is 0.404 e. The predicted octanol–water partition coefficient (Wildman–Crippen LogP) is 5.70. The summed E-state index contributed by atoms with van der Waals surface area (Å²) in [6.07, 6.45) is 8.97. The summed E-state index contributed by atoms with van der Waals surface area (Å²) in [6, 6.07) is 17.8. The van der Waals surface area contributed by atoms with Crippen molar-refractivity contribution in [1.82, 2.24) is 19.7 Å². The van der Waals surface area contributed by atoms with E-state index < -0.39 is 6.09 Å². The number of rotatable bonds is 4. The summed E-state index contributed by atoms with van der Waals surface area (Å²) in [5.74, 6) is 3.71. The number of ether oxygens (including phenoxy) is 1. The van der Waals surface area contributed by atoms with Crippen molar-refractivity contribution in [3.63, 3.8) is 0 Å². The van der Waals surface area contributed by atoms with E-state index in [4.69, 9.17) is 20.6 Å². The molecular weight excluding hydrogens is 430 g/mol. The first-order chi connectivity index (χ1) is 16.6. The molecule has 0 spiro atoms. The summed E-state index contributed by atoms with van der Waals surface area (Å²) in [5, 5.41) is 9.56. The van der Waals surface area contributed by atoms with E-state index in [1.165, 1.54) is 39.2 Å². The van der Waals surface area contributed by atoms with E-state index in [-0.39, 0.29) is 0 Å². The highest BCUT2D eigenvalue weighted by Crippen LogP contribution is 2.37. The molecule has 8 heteroatoms. The normalized spacial score (nSPS) is 13.7. The van der Waals surface area contributed by atoms with Gasteiger partial charge in [-0.3, -0.25) is 4.40 Å². The molecule has 0 unspecified atom stereocenters. The number of carbonyl (C=O) groups is 1. The number of anilines is 1. The Bertz CT molecular complexity index is 1230. The van der Waals surface area contributed by atoms with Crippen LogP contribution in [-0.4, -0.2) is 32.6 Å². The van der Waals surface area contributed by atoms with Crippen molar-refractivity contribution in [2.75, 3.05) is 12.8 Å². The van der Waals surface area contributed by atoms with Crippen LogP contribution in [0.3, 0.4) is 0 Å². The first kappa shape index (κ1) is 23.1. The van der Waals surface area contributed by atoms with Crippen molar-refractivity contribution in [2.24, 2.45) is 0 Å². The van der Waals surface area contributed by atoms with Gasteiger partial charge in [0, 0.05) is 30.9 Å². The number of aromatic nitrogens is 3. The van der Waals surface area contributed by atoms with Gasteiger partial charge in [-0.15, -0.1) is 0 Å². The molecule has 4 N–H and O–H groups in total. The van der Waals surface area contributed by atoms with Gasteiger partial charge in [-0.2, -0.15) is 0 Å². The van der Waals surface area contributed by atoms with E-state index in [1.807, 2.05) is 66.1 Å². The zero-order chi connectivity index (χ0) is 23.9. The molecule has 2 heterocycles. The zero-order valence-electron chi connectivity index (χ0n) is 19.1. The highest BCUT2D eigenvalue weighted by atomic mass is 16.5. The van der Waals surface area contributed by atoms with E-state index in [2.05, 4.69) is 9.38 Å². The summed E-state index contributed by atoms with van der Waals surface area (Å²) < 4.78 is 8.06. The SMILES string of the molecule is CNC(=O)O.Nc1nccn2c(C3CCCCC3)nc(-c3ccc(Oc4ccccc4)cc3)c12. The number of nitrogens with one attached hydrogen (secondary N) is 1. The Morgan fingerprint density at radius 1 is 1.06 bits per heavy atom. The second-order valence-corrected chi connectivity index (χ2v) is 8.18. The third-order valence-electron chi connectivity index (χ3n) is 5.90. The lowest BCUT2D eigenvalue weighted by molar-refractivity contribution is 0.197. The van der Waals surface area contributed by atoms with E-state index >= 15 is 0 Å². The Labute approximate surface area is 198 Å². The molecule has 0 saturated heterocycles. The largest absolute Gasteiger partial charge is 0.465 e. The number of hydrogen-bond donors (Lipinski definition) is 3. The lowest BCUT2D eigenvalue weighted by Gasteiger charge is -2.20. The average Bonchev–Trinajstić information content (AvgIpc) is 3.27. The van der Waals surface area contributed by atoms with Gasteiger partial charge in [0.05, 0.1) is 0 Å². The van der Waals surface area contributed by atoms with Crippen molar-refractivity contribution < 1.29 is 14.6 Å². The van der Waals surface area contributed by atoms with Crippen LogP contribution >= 0.6 is 0 Å². The standard InChI is InChI=1S/C24H24N4O.C2H5NO2/c25-23-22-21(17-11-13-20(14-12-17)29-19-9-5-2-6-10-19)27-24(28(22)16-15-26-23)18-7-3-1-4-8-18;1-3-2(4)5/h2,5-6,9-16,18H,1,3-4,7-8H2,(H2,25,26);3H,1H3,(H,4,5). The number of fused-ring (bicyclic) bond motifs is 1. The molecule has 0 bridgehead atoms. The summed E-state index contributed by atoms with van der Waals surface area (Å²) in [5.41, 5.74) is 9.08. The first-order valence-electron chi connectivity index (χ1n) is 11.4. The lowest BCUT2D eigenvalue weighted by Crippen LogP contribution is -2.13. The summed E-state index contributed by atoms with van der Waals surface area (Å²) >= 11 is 0. The molecule has 4 aromatic rings. The Morgan fingerprint density at radius 3 is 2.35 bits per heavy atom. The van der Waals surface area contributed by atoms with Crippen LogP contribution in [0.4, 0.5) is 10.6 Å². The van der Waals surface area contributed by atoms with Gasteiger partial charge in [-0.25, -0.2) is 14.8 Å². The molecule has 1 amide bonds. The van der Waals surface area contributed by atoms with Crippen LogP contribution in [0.15, 0.2) is 67.0 Å². The molecule has 34 heavy (non-hydrogen) atoms. The molecule has 2 aromatic carbocycles. The molecule has 1 aliphatic rings. The maximum atomic E-state index is 9.26. The topological polar surface area (TPSA) is 115 Å². The predicted molar refractivity (Wildman–Crippen MR) is 132 cm³/mol. The molecule has 1 saturated carbocycles. The summed E-state index contributed by atoms with van der Waals surface area (Å²) in [7, 11) is 1.35. The molecule has 2 aromatic heterocycles. The number of benzene rings is 2. The number of carboxylic acid groups (broad SMARTS) is 1. The van der Waals surface area contributed by atoms with Crippen molar-refractivity contribution >= 4 is 17.4 Å². The summed E-state index contributed by atoms with van der Waals surface area (Å²) in [6.45, 7) is 0. The molecular formula is C26H29N5O3. The first-order valence-corrected chi connectivity index (χ1v) is 11.4. The van der Waals surface area contributed by atoms with Crippen LogP contribution < -0.4 is 15.8 Å². The van der Waals surface area contributed by atoms with Crippen molar-refractivity contribution in [2.45, 2.75) is 38.0 Å². The minimum atomic E-state index is -0.995. The molecule has 176 valence electrons. The molecule has 5 rings (SSSR count). The smallest absolute Gasteiger partial charge is 0.404 e. The average molecular weight is 460 g/mol. The van der Waals surface area contributed by atoms with Crippen LogP contribution in [-0.2, 0) is 0 Å². The van der Waals surface area contributed by atoms with Crippen LogP contribution in [0.1, 0.15) is 43.8 Å². The van der Waals surface area contributed by atoms with E-state index in [0.717, 1.165) is 34.1 Å². The maximum absolute atomic E-state index is 9.26. The Hall–Kier alpha value is -4.07. The monoisotopic (exact) mass is 459 g/mol. The minimum Gasteiger partial charge on any atom is -0.465 e. The number of hydrogen-bond acceptors (Lipinski definition) is 5. The van der Waals surface area contributed by atoms with Gasteiger partial charge in [0.2, 0.25) is 0 Å². The Kier molecular flexibility index (Phi) is 7.27. The van der Waals surface area contributed by atoms with Gasteiger partial charge in [0.25, 0.3) is 0 Å². The second-order valence-electron chi connectivity index (χ2n) is 8.18. The third kappa shape index (κ3) is 5.28. The van der Waals surface area contributed by atoms with Crippen LogP contribution in [0.2, 0.25) is 0 Å². The van der Waals surface area contributed by atoms with Crippen LogP contribution in [0.25, 0.3) is 16.8 Å². The number of nitrogens with two attached hydrogens (primary N) is 1. The second kappa shape index (κ2) is 10.7. The molecule has 0 aliphatic heterocycles. The van der Waals surface area contributed by atoms with Gasteiger partial charge < -0.3 is 20.9 Å². The number of nitrogens with zero attached hydrogens (tertiary/aromatic N) is 3. The summed E-state index contributed by atoms with van der Waals surface area (Å²) in [4.78, 5) is 18.6. The lowest BCUT2D eigenvalue weighted by atomic mass is 9.89. The van der Waals surface area contributed by atoms with Crippen molar-refractivity contribution in [3.05, 3.63) is 72.8 Å². The fourth-order valence-corrected chi connectivity index (χ4v) is 4.24. The van der Waals surface area contributed by atoms with Crippen molar-refractivity contribution in [3.8, 4) is 22.8 Å². The van der Waals surface area contributed by atoms with Crippen LogP contribution in [0.5, 0.6) is 11.5 Å². The Morgan fingerprint density at radius 2 is 1.71 bits per heavy atom. The minimum absolute atomic E-state index is 0.479. The highest BCUT2D eigenvalue weighted by Gasteiger charge is 2.24. The number of nitrogen functional groups attached to an aromatic ring is 1. The van der Waals surface area contributed by atoms with E-state index in [1.54, 1.807) is 6.20 Å². The quantitative estimate of drug-likeness (QED) is 0.360. The van der Waals surface area contributed by atoms with Gasteiger partial charge in [-0.05, 0) is 49.2 Å². The molecule has 0 atom stereocenters. The van der Waals surface area contributed by atoms with Gasteiger partial charge in [-0.1, -0.05) is 37.5 Å². The number of para-hydroxylation sites is 1. The van der Waals surface area contributed by atoms with Gasteiger partial charge in [0.1, 0.15) is 34.4 Å². The molecule has 1 aliphatic carbocycles. The van der Waals surface area contributed by atoms with Crippen LogP contribution in [0, 0.1) is 0 Å². The van der Waals surface area contributed by atoms with E-state index in [9.17, 15) is 4.79 Å². The van der Waals surface area contributed by atoms with Gasteiger partial charge >= 0.3 is 6.09 Å². The number of amides is 1. The highest BCUT2D eigenvalue weighted by molar-refractivity contribution is 5.85. The van der Waals surface area contributed by atoms with Crippen molar-refractivity contribution in [1.29, 1.82) is 0 Å². The zero-order valence-corrected chi connectivity index (χ0v) is 19.1.